The highest BCUT2D eigenvalue weighted by molar-refractivity contribution is 5.49. The Labute approximate surface area is 117 Å². The number of aromatic nitrogens is 1. The molecule has 104 valence electrons. The van der Waals surface area contributed by atoms with Crippen LogP contribution in [0.4, 0.5) is 5.69 Å². The van der Waals surface area contributed by atoms with Crippen molar-refractivity contribution in [3.63, 3.8) is 0 Å². The Hall–Kier alpha value is -2.11. The highest BCUT2D eigenvalue weighted by Gasteiger charge is 2.30. The van der Waals surface area contributed by atoms with E-state index in [1.54, 1.807) is 18.5 Å². The van der Waals surface area contributed by atoms with Gasteiger partial charge in [-0.2, -0.15) is 0 Å². The van der Waals surface area contributed by atoms with E-state index in [0.717, 1.165) is 23.3 Å². The first-order valence-electron chi connectivity index (χ1n) is 6.68. The van der Waals surface area contributed by atoms with Crippen LogP contribution in [0.25, 0.3) is 0 Å². The summed E-state index contributed by atoms with van der Waals surface area (Å²) in [6.07, 6.45) is 4.35. The second kappa shape index (κ2) is 5.48. The highest BCUT2D eigenvalue weighted by Crippen LogP contribution is 2.41. The van der Waals surface area contributed by atoms with Crippen LogP contribution in [0.3, 0.4) is 0 Å². The molecule has 2 atom stereocenters. The minimum absolute atomic E-state index is 0.0752. The maximum absolute atomic E-state index is 6.06. The molecule has 0 radical (unpaired) electrons. The van der Waals surface area contributed by atoms with Crippen LogP contribution in [-0.2, 0) is 0 Å². The molecule has 5 heteroatoms. The summed E-state index contributed by atoms with van der Waals surface area (Å²) in [5, 5.41) is 0. The van der Waals surface area contributed by atoms with Crippen molar-refractivity contribution in [3.05, 3.63) is 53.9 Å². The van der Waals surface area contributed by atoms with Gasteiger partial charge in [-0.15, -0.1) is 0 Å². The number of hydrazine groups is 1. The first-order valence-corrected chi connectivity index (χ1v) is 6.68. The van der Waals surface area contributed by atoms with Gasteiger partial charge in [0, 0.05) is 29.6 Å². The lowest BCUT2D eigenvalue weighted by molar-refractivity contribution is 0.246. The van der Waals surface area contributed by atoms with Crippen LogP contribution in [-0.4, -0.2) is 11.6 Å². The van der Waals surface area contributed by atoms with Crippen LogP contribution in [0.2, 0.25) is 0 Å². The normalized spacial score (nSPS) is 18.9. The Bertz CT molecular complexity index is 602. The number of nitrogens with one attached hydrogen (secondary N) is 1. The molecule has 2 aromatic rings. The number of hydrogen-bond acceptors (Lipinski definition) is 5. The van der Waals surface area contributed by atoms with Gasteiger partial charge in [0.1, 0.15) is 5.75 Å². The SMILES string of the molecule is NNC(c1cnccc1N)C1CCOc2ccccc21. The number of ether oxygens (including phenoxy) is 1. The third kappa shape index (κ3) is 2.21. The molecule has 1 aliphatic heterocycles. The van der Waals surface area contributed by atoms with E-state index in [2.05, 4.69) is 16.5 Å². The summed E-state index contributed by atoms with van der Waals surface area (Å²) in [5.41, 5.74) is 11.7. The molecule has 2 heterocycles. The summed E-state index contributed by atoms with van der Waals surface area (Å²) < 4.78 is 5.70. The van der Waals surface area contributed by atoms with Crippen molar-refractivity contribution < 1.29 is 4.74 Å². The number of nitrogens with two attached hydrogens (primary N) is 2. The summed E-state index contributed by atoms with van der Waals surface area (Å²) in [5.74, 6) is 6.93. The number of benzene rings is 1. The summed E-state index contributed by atoms with van der Waals surface area (Å²) in [7, 11) is 0. The summed E-state index contributed by atoms with van der Waals surface area (Å²) >= 11 is 0. The lowest BCUT2D eigenvalue weighted by atomic mass is 9.83. The second-order valence-corrected chi connectivity index (χ2v) is 4.93. The smallest absolute Gasteiger partial charge is 0.122 e. The van der Waals surface area contributed by atoms with E-state index < -0.39 is 0 Å². The number of anilines is 1. The molecule has 0 aliphatic carbocycles. The van der Waals surface area contributed by atoms with Gasteiger partial charge in [0.05, 0.1) is 12.6 Å². The molecule has 0 spiro atoms. The van der Waals surface area contributed by atoms with E-state index in [4.69, 9.17) is 16.3 Å². The third-order valence-electron chi connectivity index (χ3n) is 3.81. The van der Waals surface area contributed by atoms with Gasteiger partial charge in [-0.3, -0.25) is 16.3 Å². The van der Waals surface area contributed by atoms with Gasteiger partial charge < -0.3 is 10.5 Å². The number of pyridine rings is 1. The summed E-state index contributed by atoms with van der Waals surface area (Å²) in [6, 6.07) is 9.78. The van der Waals surface area contributed by atoms with Crippen molar-refractivity contribution in [1.29, 1.82) is 0 Å². The van der Waals surface area contributed by atoms with Crippen molar-refractivity contribution in [3.8, 4) is 5.75 Å². The standard InChI is InChI=1S/C15H18N4O/c16-13-5-7-18-9-12(13)15(19-17)11-6-8-20-14-4-2-1-3-10(11)14/h1-5,7,9,11,15,19H,6,8,17H2,(H2,16,18). The van der Waals surface area contributed by atoms with Gasteiger partial charge in [0.2, 0.25) is 0 Å². The number of nitrogen functional groups attached to an aromatic ring is 1. The van der Waals surface area contributed by atoms with Crippen molar-refractivity contribution in [2.24, 2.45) is 5.84 Å². The average molecular weight is 270 g/mol. The third-order valence-corrected chi connectivity index (χ3v) is 3.81. The van der Waals surface area contributed by atoms with E-state index in [9.17, 15) is 0 Å². The Balaban J connectivity index is 2.01. The Morgan fingerprint density at radius 3 is 2.95 bits per heavy atom. The number of nitrogens with zero attached hydrogens (tertiary/aromatic N) is 1. The van der Waals surface area contributed by atoms with Crippen LogP contribution in [0.15, 0.2) is 42.7 Å². The van der Waals surface area contributed by atoms with E-state index in [-0.39, 0.29) is 12.0 Å². The Morgan fingerprint density at radius 1 is 1.30 bits per heavy atom. The van der Waals surface area contributed by atoms with Crippen LogP contribution >= 0.6 is 0 Å². The van der Waals surface area contributed by atoms with Crippen molar-refractivity contribution in [2.75, 3.05) is 12.3 Å². The molecule has 5 N–H and O–H groups in total. The van der Waals surface area contributed by atoms with Crippen molar-refractivity contribution in [2.45, 2.75) is 18.4 Å². The fourth-order valence-corrected chi connectivity index (χ4v) is 2.82. The van der Waals surface area contributed by atoms with Crippen LogP contribution in [0.1, 0.15) is 29.5 Å². The first-order chi connectivity index (χ1) is 9.81. The quantitative estimate of drug-likeness (QED) is 0.584. The lowest BCUT2D eigenvalue weighted by Crippen LogP contribution is -2.35. The molecular weight excluding hydrogens is 252 g/mol. The van der Waals surface area contributed by atoms with Gasteiger partial charge in [-0.1, -0.05) is 18.2 Å². The van der Waals surface area contributed by atoms with Gasteiger partial charge in [-0.25, -0.2) is 0 Å². The predicted octanol–water partition coefficient (Wildman–Crippen LogP) is 1.73. The van der Waals surface area contributed by atoms with Gasteiger partial charge in [0.15, 0.2) is 0 Å². The maximum Gasteiger partial charge on any atom is 0.122 e. The van der Waals surface area contributed by atoms with Crippen molar-refractivity contribution >= 4 is 5.69 Å². The second-order valence-electron chi connectivity index (χ2n) is 4.93. The molecular formula is C15H18N4O. The fourth-order valence-electron chi connectivity index (χ4n) is 2.82. The molecule has 1 aromatic heterocycles. The number of para-hydroxylation sites is 1. The molecule has 0 saturated heterocycles. The minimum atomic E-state index is -0.0752. The Kier molecular flexibility index (Phi) is 3.54. The molecule has 0 saturated carbocycles. The highest BCUT2D eigenvalue weighted by atomic mass is 16.5. The summed E-state index contributed by atoms with van der Waals surface area (Å²) in [4.78, 5) is 4.16. The van der Waals surface area contributed by atoms with E-state index >= 15 is 0 Å². The monoisotopic (exact) mass is 270 g/mol. The first kappa shape index (κ1) is 12.9. The Morgan fingerprint density at radius 2 is 2.15 bits per heavy atom. The predicted molar refractivity (Wildman–Crippen MR) is 78.0 cm³/mol. The molecule has 1 aromatic carbocycles. The number of hydrogen-bond donors (Lipinski definition) is 3. The largest absolute Gasteiger partial charge is 0.493 e. The van der Waals surface area contributed by atoms with Crippen molar-refractivity contribution in [1.82, 2.24) is 10.4 Å². The molecule has 0 bridgehead atoms. The molecule has 0 fully saturated rings. The molecule has 3 rings (SSSR count). The van der Waals surface area contributed by atoms with Gasteiger partial charge in [-0.05, 0) is 24.1 Å². The summed E-state index contributed by atoms with van der Waals surface area (Å²) in [6.45, 7) is 0.681. The maximum atomic E-state index is 6.06. The zero-order chi connectivity index (χ0) is 13.9. The average Bonchev–Trinajstić information content (AvgIpc) is 2.50. The van der Waals surface area contributed by atoms with E-state index in [1.165, 1.54) is 0 Å². The number of fused-ring (bicyclic) bond motifs is 1. The number of rotatable bonds is 3. The topological polar surface area (TPSA) is 86.2 Å². The van der Waals surface area contributed by atoms with Crippen LogP contribution in [0.5, 0.6) is 5.75 Å². The van der Waals surface area contributed by atoms with E-state index in [1.807, 2.05) is 18.2 Å². The molecule has 20 heavy (non-hydrogen) atoms. The molecule has 5 nitrogen and oxygen atoms in total. The lowest BCUT2D eigenvalue weighted by Gasteiger charge is -2.32. The van der Waals surface area contributed by atoms with Gasteiger partial charge >= 0.3 is 0 Å². The van der Waals surface area contributed by atoms with Crippen LogP contribution < -0.4 is 21.7 Å². The molecule has 0 amide bonds. The fraction of sp³-hybridized carbons (Fsp3) is 0.267. The van der Waals surface area contributed by atoms with Crippen LogP contribution in [0, 0.1) is 0 Å². The zero-order valence-corrected chi connectivity index (χ0v) is 11.1. The van der Waals surface area contributed by atoms with E-state index in [0.29, 0.717) is 12.3 Å². The molecule has 1 aliphatic rings. The van der Waals surface area contributed by atoms with Gasteiger partial charge in [0.25, 0.3) is 0 Å². The zero-order valence-electron chi connectivity index (χ0n) is 11.1. The minimum Gasteiger partial charge on any atom is -0.493 e. The molecule has 2 unspecified atom stereocenters.